The van der Waals surface area contributed by atoms with Gasteiger partial charge in [-0.3, -0.25) is 4.79 Å². The van der Waals surface area contributed by atoms with E-state index in [4.69, 9.17) is 4.98 Å². The Bertz CT molecular complexity index is 1810. The first kappa shape index (κ1) is 28.3. The molecule has 0 radical (unpaired) electrons. The highest BCUT2D eigenvalue weighted by molar-refractivity contribution is 5.77. The molecule has 220 valence electrons. The number of nitrogens with zero attached hydrogens (tertiary/aromatic N) is 7. The van der Waals surface area contributed by atoms with Crippen molar-refractivity contribution in [3.05, 3.63) is 102 Å². The Balaban J connectivity index is 1.27. The molecule has 0 aliphatic carbocycles. The molecule has 0 spiro atoms. The number of hydrogen-bond donors (Lipinski definition) is 2. The Morgan fingerprint density at radius 3 is 2.28 bits per heavy atom. The van der Waals surface area contributed by atoms with Crippen LogP contribution in [0.3, 0.4) is 0 Å². The number of aromatic nitrogens is 5. The summed E-state index contributed by atoms with van der Waals surface area (Å²) in [6, 6.07) is 22.2. The molecular weight excluding hydrogens is 540 g/mol. The number of fused-ring (bicyclic) bond motifs is 1. The Kier molecular flexibility index (Phi) is 7.55. The Morgan fingerprint density at radius 1 is 0.953 bits per heavy atom. The van der Waals surface area contributed by atoms with Gasteiger partial charge < -0.3 is 20.2 Å². The van der Waals surface area contributed by atoms with Gasteiger partial charge in [-0.1, -0.05) is 36.4 Å². The molecule has 0 saturated carbocycles. The van der Waals surface area contributed by atoms with Gasteiger partial charge >= 0.3 is 0 Å². The molecular formula is C33H36N8O2. The highest BCUT2D eigenvalue weighted by Crippen LogP contribution is 2.26. The molecule has 0 bridgehead atoms. The molecule has 5 aromatic rings. The average molecular weight is 577 g/mol. The van der Waals surface area contributed by atoms with Gasteiger partial charge in [0.1, 0.15) is 11.0 Å². The van der Waals surface area contributed by atoms with E-state index in [0.29, 0.717) is 28.5 Å². The molecule has 0 atom stereocenters. The van der Waals surface area contributed by atoms with Crippen molar-refractivity contribution in [2.24, 2.45) is 0 Å². The van der Waals surface area contributed by atoms with Crippen molar-refractivity contribution in [2.75, 3.05) is 43.4 Å². The summed E-state index contributed by atoms with van der Waals surface area (Å²) in [6.45, 7) is 11.6. The van der Waals surface area contributed by atoms with Crippen LogP contribution in [0.1, 0.15) is 19.5 Å². The Morgan fingerprint density at radius 2 is 1.63 bits per heavy atom. The summed E-state index contributed by atoms with van der Waals surface area (Å²) in [5.41, 5.74) is 3.81. The molecule has 4 heterocycles. The molecule has 6 rings (SSSR count). The molecule has 2 N–H and O–H groups in total. The predicted molar refractivity (Wildman–Crippen MR) is 171 cm³/mol. The van der Waals surface area contributed by atoms with Crippen LogP contribution in [0.15, 0.2) is 90.4 Å². The number of piperazine rings is 1. The first-order valence-electron chi connectivity index (χ1n) is 14.4. The van der Waals surface area contributed by atoms with Crippen LogP contribution in [0.25, 0.3) is 28.0 Å². The summed E-state index contributed by atoms with van der Waals surface area (Å²) in [5, 5.41) is 14.2. The molecule has 43 heavy (non-hydrogen) atoms. The molecule has 2 aromatic carbocycles. The quantitative estimate of drug-likeness (QED) is 0.259. The van der Waals surface area contributed by atoms with Crippen molar-refractivity contribution in [2.45, 2.75) is 26.0 Å². The van der Waals surface area contributed by atoms with E-state index in [1.54, 1.807) is 42.8 Å². The molecule has 10 heteroatoms. The van der Waals surface area contributed by atoms with Gasteiger partial charge in [0.25, 0.3) is 5.56 Å². The molecule has 3 aromatic heterocycles. The van der Waals surface area contributed by atoms with Gasteiger partial charge in [0.15, 0.2) is 11.5 Å². The van der Waals surface area contributed by atoms with Crippen LogP contribution < -0.4 is 15.8 Å². The van der Waals surface area contributed by atoms with Crippen LogP contribution in [0.5, 0.6) is 0 Å². The predicted octanol–water partition coefficient (Wildman–Crippen LogP) is 4.55. The van der Waals surface area contributed by atoms with E-state index >= 15 is 0 Å². The van der Waals surface area contributed by atoms with E-state index in [0.717, 1.165) is 43.0 Å². The lowest BCUT2D eigenvalue weighted by molar-refractivity contribution is 0.0738. The summed E-state index contributed by atoms with van der Waals surface area (Å²) in [4.78, 5) is 31.8. The van der Waals surface area contributed by atoms with E-state index in [2.05, 4.69) is 75.1 Å². The number of hydrogen-bond acceptors (Lipinski definition) is 8. The monoisotopic (exact) mass is 576 g/mol. The van der Waals surface area contributed by atoms with E-state index in [1.165, 1.54) is 16.6 Å². The minimum absolute atomic E-state index is 0.250. The fraction of sp³-hybridized carbons (Fsp3) is 0.273. The lowest BCUT2D eigenvalue weighted by atomic mass is 10.0. The first-order valence-corrected chi connectivity index (χ1v) is 14.4. The fourth-order valence-corrected chi connectivity index (χ4v) is 5.30. The normalized spacial score (nSPS) is 14.3. The van der Waals surface area contributed by atoms with Crippen LogP contribution in [0.2, 0.25) is 0 Å². The van der Waals surface area contributed by atoms with Crippen LogP contribution in [0.4, 0.5) is 17.3 Å². The van der Waals surface area contributed by atoms with E-state index in [1.807, 2.05) is 12.1 Å². The zero-order valence-corrected chi connectivity index (χ0v) is 24.7. The average Bonchev–Trinajstić information content (AvgIpc) is 3.28. The maximum Gasteiger partial charge on any atom is 0.278 e. The second-order valence-corrected chi connectivity index (χ2v) is 11.4. The molecule has 1 fully saturated rings. The number of anilines is 3. The van der Waals surface area contributed by atoms with Gasteiger partial charge in [-0.15, -0.1) is 6.58 Å². The standard InChI is InChI=1S/C33H36N8O2/c1-5-17-40-31(42)27-22-34-32(37-30(27)41(40)29-8-6-7-28(36-29)33(2,3)43)35-25-13-9-23(10-14-25)24-11-15-26(16-12-24)39-20-18-38(4)19-21-39/h5-16,22,43H,1,17-21H2,2-4H3,(H,34,35,37). The lowest BCUT2D eigenvalue weighted by Gasteiger charge is -2.34. The maximum absolute atomic E-state index is 13.3. The molecule has 0 amide bonds. The molecule has 0 unspecified atom stereocenters. The zero-order valence-electron chi connectivity index (χ0n) is 24.7. The fourth-order valence-electron chi connectivity index (χ4n) is 5.30. The van der Waals surface area contributed by atoms with Crippen molar-refractivity contribution >= 4 is 28.4 Å². The van der Waals surface area contributed by atoms with Crippen molar-refractivity contribution in [1.29, 1.82) is 0 Å². The largest absolute Gasteiger partial charge is 0.384 e. The van der Waals surface area contributed by atoms with Crippen LogP contribution in [-0.2, 0) is 12.1 Å². The minimum atomic E-state index is -1.15. The molecule has 10 nitrogen and oxygen atoms in total. The number of allylic oxidation sites excluding steroid dienone is 1. The van der Waals surface area contributed by atoms with Crippen LogP contribution in [-0.4, -0.2) is 67.5 Å². The van der Waals surface area contributed by atoms with Crippen LogP contribution in [0, 0.1) is 0 Å². The summed E-state index contributed by atoms with van der Waals surface area (Å²) in [7, 11) is 2.17. The van der Waals surface area contributed by atoms with Crippen molar-refractivity contribution in [1.82, 2.24) is 29.2 Å². The Labute approximate surface area is 250 Å². The number of pyridine rings is 1. The third-order valence-electron chi connectivity index (χ3n) is 7.77. The second-order valence-electron chi connectivity index (χ2n) is 11.4. The third-order valence-corrected chi connectivity index (χ3v) is 7.77. The minimum Gasteiger partial charge on any atom is -0.384 e. The summed E-state index contributed by atoms with van der Waals surface area (Å²) in [6.07, 6.45) is 3.17. The highest BCUT2D eigenvalue weighted by atomic mass is 16.3. The molecule has 1 aliphatic rings. The summed E-state index contributed by atoms with van der Waals surface area (Å²) >= 11 is 0. The number of likely N-dealkylation sites (N-methyl/N-ethyl adjacent to an activating group) is 1. The topological polar surface area (TPSA) is 104 Å². The second kappa shape index (κ2) is 11.5. The van der Waals surface area contributed by atoms with E-state index < -0.39 is 5.60 Å². The van der Waals surface area contributed by atoms with Crippen molar-refractivity contribution in [3.63, 3.8) is 0 Å². The van der Waals surface area contributed by atoms with E-state index in [-0.39, 0.29) is 12.1 Å². The van der Waals surface area contributed by atoms with Gasteiger partial charge in [-0.25, -0.2) is 19.3 Å². The number of rotatable bonds is 8. The SMILES string of the molecule is C=CCn1c(=O)c2cnc(Nc3ccc(-c4ccc(N5CCN(C)CC5)cc4)cc3)nc2n1-c1cccc(C(C)(C)O)n1. The smallest absolute Gasteiger partial charge is 0.278 e. The van der Waals surface area contributed by atoms with Crippen molar-refractivity contribution in [3.8, 4) is 16.9 Å². The summed E-state index contributed by atoms with van der Waals surface area (Å²) in [5.74, 6) is 0.807. The van der Waals surface area contributed by atoms with Gasteiger partial charge in [0.05, 0.1) is 12.2 Å². The number of nitrogens with one attached hydrogen (secondary N) is 1. The van der Waals surface area contributed by atoms with Crippen molar-refractivity contribution < 1.29 is 5.11 Å². The van der Waals surface area contributed by atoms with Gasteiger partial charge in [-0.2, -0.15) is 4.98 Å². The van der Waals surface area contributed by atoms with Gasteiger partial charge in [0, 0.05) is 43.8 Å². The highest BCUT2D eigenvalue weighted by Gasteiger charge is 2.22. The number of benzene rings is 2. The lowest BCUT2D eigenvalue weighted by Crippen LogP contribution is -2.44. The molecule has 1 saturated heterocycles. The van der Waals surface area contributed by atoms with Gasteiger partial charge in [-0.05, 0) is 68.4 Å². The van der Waals surface area contributed by atoms with Crippen LogP contribution >= 0.6 is 0 Å². The Hall–Kier alpha value is -4.80. The maximum atomic E-state index is 13.3. The summed E-state index contributed by atoms with van der Waals surface area (Å²) < 4.78 is 3.16. The van der Waals surface area contributed by atoms with E-state index in [9.17, 15) is 9.90 Å². The zero-order chi connectivity index (χ0) is 30.1. The first-order chi connectivity index (χ1) is 20.7. The molecule has 1 aliphatic heterocycles. The van der Waals surface area contributed by atoms with Gasteiger partial charge in [0.2, 0.25) is 5.95 Å². The number of aliphatic hydroxyl groups is 1. The third kappa shape index (κ3) is 5.79.